The molecule has 0 spiro atoms. The molecule has 0 atom stereocenters. The van der Waals surface area contributed by atoms with Crippen LogP contribution in [-0.4, -0.2) is 57.6 Å². The van der Waals surface area contributed by atoms with Gasteiger partial charge < -0.3 is 19.5 Å². The first-order chi connectivity index (χ1) is 16.3. The standard InChI is InChI=1S/C22H24N4O6S2/c1-30-17-8-5-15(6-9-17)21-24-25-22(33-21)23-20(27)4-3-11-26(34(2,28)29)16-7-10-18-19(14-16)32-13-12-31-18/h5-10,14H,3-4,11-13H2,1-2H3,(H,23,25,27). The quantitative estimate of drug-likeness (QED) is 0.472. The Hall–Kier alpha value is -3.38. The van der Waals surface area contributed by atoms with Gasteiger partial charge in [0.25, 0.3) is 0 Å². The smallest absolute Gasteiger partial charge is 0.232 e. The third-order valence-electron chi connectivity index (χ3n) is 4.99. The largest absolute Gasteiger partial charge is 0.497 e. The van der Waals surface area contributed by atoms with Gasteiger partial charge in [0.1, 0.15) is 24.0 Å². The molecule has 3 aromatic rings. The molecule has 34 heavy (non-hydrogen) atoms. The van der Waals surface area contributed by atoms with Gasteiger partial charge in [0.15, 0.2) is 11.5 Å². The molecule has 1 aliphatic heterocycles. The maximum absolute atomic E-state index is 12.4. The van der Waals surface area contributed by atoms with E-state index in [1.807, 2.05) is 24.3 Å². The summed E-state index contributed by atoms with van der Waals surface area (Å²) in [6.45, 7) is 0.994. The van der Waals surface area contributed by atoms with E-state index in [4.69, 9.17) is 14.2 Å². The molecule has 180 valence electrons. The third kappa shape index (κ3) is 5.75. The van der Waals surface area contributed by atoms with Crippen LogP contribution in [0.25, 0.3) is 10.6 Å². The van der Waals surface area contributed by atoms with E-state index in [0.717, 1.165) is 17.6 Å². The van der Waals surface area contributed by atoms with Crippen molar-refractivity contribution in [2.75, 3.05) is 42.7 Å². The zero-order valence-corrected chi connectivity index (χ0v) is 20.3. The Bertz CT molecular complexity index is 1260. The maximum atomic E-state index is 12.4. The molecule has 1 aromatic heterocycles. The molecule has 0 radical (unpaired) electrons. The number of methoxy groups -OCH3 is 1. The van der Waals surface area contributed by atoms with E-state index in [9.17, 15) is 13.2 Å². The van der Waals surface area contributed by atoms with E-state index in [1.165, 1.54) is 15.6 Å². The first-order valence-electron chi connectivity index (χ1n) is 10.5. The van der Waals surface area contributed by atoms with Crippen LogP contribution in [0.4, 0.5) is 10.8 Å². The van der Waals surface area contributed by atoms with Crippen LogP contribution >= 0.6 is 11.3 Å². The van der Waals surface area contributed by atoms with E-state index < -0.39 is 10.0 Å². The minimum absolute atomic E-state index is 0.119. The maximum Gasteiger partial charge on any atom is 0.232 e. The van der Waals surface area contributed by atoms with E-state index in [1.54, 1.807) is 25.3 Å². The van der Waals surface area contributed by atoms with Gasteiger partial charge >= 0.3 is 0 Å². The molecule has 2 aromatic carbocycles. The van der Waals surface area contributed by atoms with Crippen molar-refractivity contribution in [1.29, 1.82) is 0 Å². The summed E-state index contributed by atoms with van der Waals surface area (Å²) in [5.74, 6) is 1.54. The number of ether oxygens (including phenoxy) is 3. The summed E-state index contributed by atoms with van der Waals surface area (Å²) in [5.41, 5.74) is 1.32. The number of rotatable bonds is 9. The number of nitrogens with zero attached hydrogens (tertiary/aromatic N) is 3. The Balaban J connectivity index is 1.34. The van der Waals surface area contributed by atoms with Crippen LogP contribution in [0.3, 0.4) is 0 Å². The van der Waals surface area contributed by atoms with E-state index in [-0.39, 0.29) is 18.9 Å². The van der Waals surface area contributed by atoms with Gasteiger partial charge in [-0.2, -0.15) is 0 Å². The lowest BCUT2D eigenvalue weighted by Crippen LogP contribution is -2.31. The number of benzene rings is 2. The summed E-state index contributed by atoms with van der Waals surface area (Å²) in [6.07, 6.45) is 1.57. The molecule has 10 nitrogen and oxygen atoms in total. The van der Waals surface area contributed by atoms with Crippen LogP contribution < -0.4 is 23.8 Å². The Kier molecular flexibility index (Phi) is 7.17. The average Bonchev–Trinajstić information content (AvgIpc) is 3.29. The predicted molar refractivity (Wildman–Crippen MR) is 129 cm³/mol. The number of fused-ring (bicyclic) bond motifs is 1. The molecule has 12 heteroatoms. The zero-order chi connectivity index (χ0) is 24.1. The number of aromatic nitrogens is 2. The van der Waals surface area contributed by atoms with Crippen LogP contribution in [-0.2, 0) is 14.8 Å². The summed E-state index contributed by atoms with van der Waals surface area (Å²) < 4.78 is 42.2. The van der Waals surface area contributed by atoms with Crippen molar-refractivity contribution < 1.29 is 27.4 Å². The Morgan fingerprint density at radius 3 is 2.56 bits per heavy atom. The third-order valence-corrected chi connectivity index (χ3v) is 7.07. The van der Waals surface area contributed by atoms with Crippen molar-refractivity contribution in [1.82, 2.24) is 10.2 Å². The van der Waals surface area contributed by atoms with Gasteiger partial charge in [-0.25, -0.2) is 8.42 Å². The molecular formula is C22H24N4O6S2. The minimum Gasteiger partial charge on any atom is -0.497 e. The summed E-state index contributed by atoms with van der Waals surface area (Å²) in [5, 5.41) is 11.9. The molecule has 1 N–H and O–H groups in total. The van der Waals surface area contributed by atoms with Crippen LogP contribution in [0, 0.1) is 0 Å². The SMILES string of the molecule is COc1ccc(-c2nnc(NC(=O)CCCN(c3ccc4c(c3)OCCO4)S(C)(=O)=O)s2)cc1. The van der Waals surface area contributed by atoms with Crippen LogP contribution in [0.1, 0.15) is 12.8 Å². The Morgan fingerprint density at radius 2 is 1.85 bits per heavy atom. The van der Waals surface area contributed by atoms with Crippen LogP contribution in [0.2, 0.25) is 0 Å². The fourth-order valence-corrected chi connectivity index (χ4v) is 5.09. The normalized spacial score (nSPS) is 12.8. The summed E-state index contributed by atoms with van der Waals surface area (Å²) in [6, 6.07) is 12.4. The number of hydrogen-bond donors (Lipinski definition) is 1. The molecular weight excluding hydrogens is 480 g/mol. The van der Waals surface area contributed by atoms with Crippen molar-refractivity contribution in [3.63, 3.8) is 0 Å². The van der Waals surface area contributed by atoms with Crippen molar-refractivity contribution in [3.05, 3.63) is 42.5 Å². The predicted octanol–water partition coefficient (Wildman–Crippen LogP) is 3.17. The van der Waals surface area contributed by atoms with Gasteiger partial charge in [-0.05, 0) is 42.8 Å². The van der Waals surface area contributed by atoms with E-state index in [0.29, 0.717) is 47.0 Å². The molecule has 0 saturated heterocycles. The average molecular weight is 505 g/mol. The second-order valence-corrected chi connectivity index (χ2v) is 10.3. The van der Waals surface area contributed by atoms with Gasteiger partial charge in [0.05, 0.1) is 19.1 Å². The fourth-order valence-electron chi connectivity index (χ4n) is 3.36. The van der Waals surface area contributed by atoms with Crippen molar-refractivity contribution in [3.8, 4) is 27.8 Å². The summed E-state index contributed by atoms with van der Waals surface area (Å²) in [4.78, 5) is 12.4. The van der Waals surface area contributed by atoms with Crippen molar-refractivity contribution >= 4 is 38.1 Å². The molecule has 1 amide bonds. The van der Waals surface area contributed by atoms with Gasteiger partial charge in [-0.15, -0.1) is 10.2 Å². The highest BCUT2D eigenvalue weighted by molar-refractivity contribution is 7.92. The second-order valence-electron chi connectivity index (χ2n) is 7.46. The molecule has 0 fully saturated rings. The number of hydrogen-bond acceptors (Lipinski definition) is 9. The molecule has 0 aliphatic carbocycles. The zero-order valence-electron chi connectivity index (χ0n) is 18.7. The second kappa shape index (κ2) is 10.3. The molecule has 2 heterocycles. The number of anilines is 2. The van der Waals surface area contributed by atoms with Gasteiger partial charge in [-0.3, -0.25) is 9.10 Å². The molecule has 4 rings (SSSR count). The highest BCUT2D eigenvalue weighted by Gasteiger charge is 2.21. The first-order valence-corrected chi connectivity index (χ1v) is 13.1. The van der Waals surface area contributed by atoms with E-state index >= 15 is 0 Å². The Morgan fingerprint density at radius 1 is 1.12 bits per heavy atom. The molecule has 0 saturated carbocycles. The Labute approximate surface area is 201 Å². The first kappa shape index (κ1) is 23.8. The number of carbonyl (C=O) groups is 1. The van der Waals surface area contributed by atoms with Crippen LogP contribution in [0.5, 0.6) is 17.2 Å². The fraction of sp³-hybridized carbons (Fsp3) is 0.318. The monoisotopic (exact) mass is 504 g/mol. The van der Waals surface area contributed by atoms with Crippen LogP contribution in [0.15, 0.2) is 42.5 Å². The lowest BCUT2D eigenvalue weighted by Gasteiger charge is -2.25. The summed E-state index contributed by atoms with van der Waals surface area (Å²) in [7, 11) is -1.96. The number of amides is 1. The molecule has 0 unspecified atom stereocenters. The highest BCUT2D eigenvalue weighted by atomic mass is 32.2. The van der Waals surface area contributed by atoms with Gasteiger partial charge in [-0.1, -0.05) is 11.3 Å². The topological polar surface area (TPSA) is 120 Å². The number of carbonyl (C=O) groups excluding carboxylic acids is 1. The molecule has 0 bridgehead atoms. The molecule has 1 aliphatic rings. The summed E-state index contributed by atoms with van der Waals surface area (Å²) >= 11 is 1.25. The number of sulfonamides is 1. The van der Waals surface area contributed by atoms with E-state index in [2.05, 4.69) is 15.5 Å². The number of nitrogens with one attached hydrogen (secondary N) is 1. The van der Waals surface area contributed by atoms with Crippen molar-refractivity contribution in [2.24, 2.45) is 0 Å². The lowest BCUT2D eigenvalue weighted by molar-refractivity contribution is -0.116. The van der Waals surface area contributed by atoms with Gasteiger partial charge in [0, 0.05) is 24.6 Å². The lowest BCUT2D eigenvalue weighted by atomic mass is 10.2. The van der Waals surface area contributed by atoms with Crippen molar-refractivity contribution in [2.45, 2.75) is 12.8 Å². The van der Waals surface area contributed by atoms with Gasteiger partial charge in [0.2, 0.25) is 21.1 Å². The minimum atomic E-state index is -3.56. The highest BCUT2D eigenvalue weighted by Crippen LogP contribution is 2.35.